The Morgan fingerprint density at radius 2 is 1.97 bits per heavy atom. The number of carbonyl (C=O) groups is 2. The van der Waals surface area contributed by atoms with E-state index in [1.807, 2.05) is 11.9 Å². The van der Waals surface area contributed by atoms with Gasteiger partial charge in [-0.25, -0.2) is 4.39 Å². The monoisotopic (exact) mass is 408 g/mol. The number of likely N-dealkylation sites (N-methyl/N-ethyl adjacent to an activating group) is 1. The van der Waals surface area contributed by atoms with E-state index in [4.69, 9.17) is 0 Å². The molecule has 4 aliphatic rings. The third-order valence-electron chi connectivity index (χ3n) is 7.87. The number of nitrogens with one attached hydrogen (secondary N) is 2. The van der Waals surface area contributed by atoms with Crippen LogP contribution in [0.4, 0.5) is 4.39 Å². The number of fused-ring (bicyclic) bond motifs is 1. The highest BCUT2D eigenvalue weighted by Gasteiger charge is 2.46. The molecule has 4 rings (SSSR count). The normalized spacial score (nSPS) is 41.7. The van der Waals surface area contributed by atoms with Gasteiger partial charge in [0.15, 0.2) is 0 Å². The maximum Gasteiger partial charge on any atom is 0.237 e. The average molecular weight is 409 g/mol. The highest BCUT2D eigenvalue weighted by molar-refractivity contribution is 5.82. The van der Waals surface area contributed by atoms with Crippen LogP contribution in [-0.4, -0.2) is 78.6 Å². The largest absolute Gasteiger partial charge is 0.352 e. The summed E-state index contributed by atoms with van der Waals surface area (Å²) in [4.78, 5) is 29.3. The summed E-state index contributed by atoms with van der Waals surface area (Å²) in [5.41, 5.74) is 0. The number of rotatable bonds is 3. The molecule has 2 aliphatic heterocycles. The van der Waals surface area contributed by atoms with Gasteiger partial charge in [-0.2, -0.15) is 0 Å². The molecule has 2 heterocycles. The number of alkyl halides is 1. The van der Waals surface area contributed by atoms with E-state index in [0.717, 1.165) is 51.6 Å². The third-order valence-corrected chi connectivity index (χ3v) is 7.87. The van der Waals surface area contributed by atoms with Crippen LogP contribution < -0.4 is 10.6 Å². The molecule has 2 aliphatic carbocycles. The van der Waals surface area contributed by atoms with Gasteiger partial charge in [-0.1, -0.05) is 6.92 Å². The number of amides is 2. The van der Waals surface area contributed by atoms with Crippen LogP contribution in [0.2, 0.25) is 0 Å². The summed E-state index contributed by atoms with van der Waals surface area (Å²) >= 11 is 0. The Morgan fingerprint density at radius 3 is 2.76 bits per heavy atom. The fourth-order valence-electron chi connectivity index (χ4n) is 6.05. The van der Waals surface area contributed by atoms with E-state index in [1.54, 1.807) is 0 Å². The standard InChI is InChI=1S/C22H37FN4O2/c1-14-7-8-18(23)17-12-19(25-21(14)17)22(29)24-15-5-3-6-16(11-15)27-10-4-9-26(2)20(28)13-27/h14-19,21,25H,3-13H2,1-2H3,(H,24,29)/t14?,15-,16-,17?,18?,19?,21?/m1/s1. The van der Waals surface area contributed by atoms with Gasteiger partial charge in [-0.3, -0.25) is 14.5 Å². The fraction of sp³-hybridized carbons (Fsp3) is 0.909. The molecule has 7 heteroatoms. The molecule has 29 heavy (non-hydrogen) atoms. The zero-order valence-corrected chi connectivity index (χ0v) is 17.9. The molecule has 7 atom stereocenters. The summed E-state index contributed by atoms with van der Waals surface area (Å²) in [6, 6.07) is 0.380. The van der Waals surface area contributed by atoms with E-state index in [-0.39, 0.29) is 35.9 Å². The molecule has 0 aromatic rings. The van der Waals surface area contributed by atoms with Crippen molar-refractivity contribution >= 4 is 11.8 Å². The number of carbonyl (C=O) groups excluding carboxylic acids is 2. The number of nitrogens with zero attached hydrogens (tertiary/aromatic N) is 2. The zero-order chi connectivity index (χ0) is 20.5. The molecule has 0 radical (unpaired) electrons. The molecule has 5 unspecified atom stereocenters. The Labute approximate surface area is 173 Å². The maximum atomic E-state index is 14.3. The van der Waals surface area contributed by atoms with Gasteiger partial charge in [0.05, 0.1) is 12.6 Å². The highest BCUT2D eigenvalue weighted by atomic mass is 19.1. The van der Waals surface area contributed by atoms with Gasteiger partial charge < -0.3 is 15.5 Å². The van der Waals surface area contributed by atoms with Crippen LogP contribution in [0.15, 0.2) is 0 Å². The Bertz CT molecular complexity index is 600. The molecular weight excluding hydrogens is 371 g/mol. The minimum absolute atomic E-state index is 0.0197. The summed E-state index contributed by atoms with van der Waals surface area (Å²) in [6.45, 7) is 4.43. The number of hydrogen-bond donors (Lipinski definition) is 2. The molecule has 0 aromatic heterocycles. The lowest BCUT2D eigenvalue weighted by Gasteiger charge is -2.37. The maximum absolute atomic E-state index is 14.3. The topological polar surface area (TPSA) is 64.7 Å². The Kier molecular flexibility index (Phi) is 6.44. The highest BCUT2D eigenvalue weighted by Crippen LogP contribution is 2.38. The van der Waals surface area contributed by atoms with E-state index in [9.17, 15) is 14.0 Å². The van der Waals surface area contributed by atoms with Crippen molar-refractivity contribution in [1.29, 1.82) is 0 Å². The van der Waals surface area contributed by atoms with Gasteiger partial charge in [-0.05, 0) is 57.3 Å². The second-order valence-electron chi connectivity index (χ2n) is 9.88. The van der Waals surface area contributed by atoms with E-state index < -0.39 is 6.17 Å². The number of halogens is 1. The molecule has 0 spiro atoms. The Balaban J connectivity index is 1.31. The van der Waals surface area contributed by atoms with E-state index in [0.29, 0.717) is 31.3 Å². The first-order valence-electron chi connectivity index (χ1n) is 11.6. The quantitative estimate of drug-likeness (QED) is 0.746. The molecular formula is C22H37FN4O2. The summed E-state index contributed by atoms with van der Waals surface area (Å²) in [5.74, 6) is 0.647. The SMILES string of the molecule is CC1CCC(F)C2CC(C(=O)N[C@@H]3CCC[C@@H](N4CCCN(C)C(=O)C4)C3)NC12. The van der Waals surface area contributed by atoms with Crippen molar-refractivity contribution in [3.8, 4) is 0 Å². The lowest BCUT2D eigenvalue weighted by atomic mass is 9.77. The van der Waals surface area contributed by atoms with E-state index in [2.05, 4.69) is 22.5 Å². The van der Waals surface area contributed by atoms with Crippen molar-refractivity contribution in [3.63, 3.8) is 0 Å². The first-order valence-corrected chi connectivity index (χ1v) is 11.6. The van der Waals surface area contributed by atoms with Gasteiger partial charge in [0, 0.05) is 44.2 Å². The van der Waals surface area contributed by atoms with E-state index >= 15 is 0 Å². The average Bonchev–Trinajstić information content (AvgIpc) is 3.10. The van der Waals surface area contributed by atoms with Crippen LogP contribution in [0, 0.1) is 11.8 Å². The lowest BCUT2D eigenvalue weighted by Crippen LogP contribution is -2.51. The first-order chi connectivity index (χ1) is 13.9. The van der Waals surface area contributed by atoms with Crippen molar-refractivity contribution in [3.05, 3.63) is 0 Å². The predicted octanol–water partition coefficient (Wildman–Crippen LogP) is 1.69. The fourth-order valence-corrected chi connectivity index (χ4v) is 6.05. The van der Waals surface area contributed by atoms with Crippen molar-refractivity contribution in [1.82, 2.24) is 20.4 Å². The summed E-state index contributed by atoms with van der Waals surface area (Å²) in [5, 5.41) is 6.70. The van der Waals surface area contributed by atoms with Crippen molar-refractivity contribution in [2.24, 2.45) is 11.8 Å². The number of hydrogen-bond acceptors (Lipinski definition) is 4. The molecule has 164 valence electrons. The van der Waals surface area contributed by atoms with Crippen LogP contribution in [0.25, 0.3) is 0 Å². The molecule has 0 bridgehead atoms. The minimum Gasteiger partial charge on any atom is -0.352 e. The van der Waals surface area contributed by atoms with Crippen molar-refractivity contribution < 1.29 is 14.0 Å². The van der Waals surface area contributed by atoms with Gasteiger partial charge in [0.25, 0.3) is 0 Å². The summed E-state index contributed by atoms with van der Waals surface area (Å²) in [7, 11) is 1.88. The Morgan fingerprint density at radius 1 is 1.14 bits per heavy atom. The van der Waals surface area contributed by atoms with Crippen LogP contribution in [0.5, 0.6) is 0 Å². The third kappa shape index (κ3) is 4.61. The van der Waals surface area contributed by atoms with Crippen molar-refractivity contribution in [2.75, 3.05) is 26.7 Å². The molecule has 2 N–H and O–H groups in total. The summed E-state index contributed by atoms with van der Waals surface area (Å²) < 4.78 is 14.3. The molecule has 4 fully saturated rings. The molecule has 2 saturated carbocycles. The van der Waals surface area contributed by atoms with Crippen LogP contribution in [0.3, 0.4) is 0 Å². The summed E-state index contributed by atoms with van der Waals surface area (Å²) in [6.07, 6.45) is 6.44. The van der Waals surface area contributed by atoms with Crippen LogP contribution >= 0.6 is 0 Å². The van der Waals surface area contributed by atoms with Crippen LogP contribution in [-0.2, 0) is 9.59 Å². The van der Waals surface area contributed by atoms with Gasteiger partial charge >= 0.3 is 0 Å². The van der Waals surface area contributed by atoms with Gasteiger partial charge in [0.2, 0.25) is 11.8 Å². The molecule has 2 saturated heterocycles. The second kappa shape index (κ2) is 8.88. The zero-order valence-electron chi connectivity index (χ0n) is 17.9. The van der Waals surface area contributed by atoms with Gasteiger partial charge in [-0.15, -0.1) is 0 Å². The smallest absolute Gasteiger partial charge is 0.237 e. The molecule has 2 amide bonds. The van der Waals surface area contributed by atoms with Crippen molar-refractivity contribution in [2.45, 2.75) is 88.6 Å². The molecule has 0 aromatic carbocycles. The first kappa shape index (κ1) is 21.0. The van der Waals surface area contributed by atoms with Crippen LogP contribution in [0.1, 0.15) is 58.3 Å². The Hall–Kier alpha value is -1.21. The van der Waals surface area contributed by atoms with E-state index in [1.165, 1.54) is 0 Å². The lowest BCUT2D eigenvalue weighted by molar-refractivity contribution is -0.130. The minimum atomic E-state index is -0.778. The molecule has 6 nitrogen and oxygen atoms in total. The van der Waals surface area contributed by atoms with Gasteiger partial charge in [0.1, 0.15) is 6.17 Å². The predicted molar refractivity (Wildman–Crippen MR) is 110 cm³/mol. The second-order valence-corrected chi connectivity index (χ2v) is 9.88.